The Morgan fingerprint density at radius 3 is 2.84 bits per heavy atom. The van der Waals surface area contributed by atoms with Gasteiger partial charge in [0.25, 0.3) is 5.91 Å². The van der Waals surface area contributed by atoms with Crippen molar-refractivity contribution in [3.63, 3.8) is 0 Å². The minimum Gasteiger partial charge on any atom is -0.484 e. The molecule has 7 nitrogen and oxygen atoms in total. The average Bonchev–Trinajstić information content (AvgIpc) is 3.20. The third-order valence-electron chi connectivity index (χ3n) is 4.71. The van der Waals surface area contributed by atoms with Crippen LogP contribution in [0.25, 0.3) is 0 Å². The van der Waals surface area contributed by atoms with E-state index in [0.29, 0.717) is 38.6 Å². The summed E-state index contributed by atoms with van der Waals surface area (Å²) in [6.07, 6.45) is 0.308. The number of fused-ring (bicyclic) bond motifs is 1. The fraction of sp³-hybridized carbons (Fsp3) is 0.227. The van der Waals surface area contributed by atoms with Gasteiger partial charge in [0.1, 0.15) is 5.75 Å². The summed E-state index contributed by atoms with van der Waals surface area (Å²) in [6, 6.07) is 13.1. The Kier molecular flexibility index (Phi) is 6.43. The van der Waals surface area contributed by atoms with Crippen molar-refractivity contribution in [1.29, 1.82) is 0 Å². The second kappa shape index (κ2) is 9.40. The maximum atomic E-state index is 12.3. The summed E-state index contributed by atoms with van der Waals surface area (Å²) < 4.78 is 6.23. The summed E-state index contributed by atoms with van der Waals surface area (Å²) in [5.41, 5.74) is 4.46. The fourth-order valence-electron chi connectivity index (χ4n) is 2.95. The van der Waals surface area contributed by atoms with Crippen molar-refractivity contribution in [2.75, 3.05) is 17.7 Å². The summed E-state index contributed by atoms with van der Waals surface area (Å²) in [7, 11) is 0. The number of nitrogens with one attached hydrogen (secondary N) is 1. The van der Waals surface area contributed by atoms with Gasteiger partial charge in [0.05, 0.1) is 12.1 Å². The molecular weight excluding hydrogens is 432 g/mol. The number of thioether (sulfide) groups is 1. The third-order valence-corrected chi connectivity index (χ3v) is 6.75. The SMILES string of the molecule is Cc1ccc(OCC(=O)Nc2nnc(SCC3=Nc4ccccc4C(=O)C3)s2)cc1C. The highest BCUT2D eigenvalue weighted by molar-refractivity contribution is 8.01. The lowest BCUT2D eigenvalue weighted by atomic mass is 10.0. The molecular formula is C22H20N4O3S2. The monoisotopic (exact) mass is 452 g/mol. The lowest BCUT2D eigenvalue weighted by Gasteiger charge is -2.13. The quantitative estimate of drug-likeness (QED) is 0.415. The number of aromatic nitrogens is 2. The molecule has 0 aliphatic carbocycles. The maximum Gasteiger partial charge on any atom is 0.264 e. The lowest BCUT2D eigenvalue weighted by molar-refractivity contribution is -0.118. The van der Waals surface area contributed by atoms with Gasteiger partial charge in [-0.25, -0.2) is 0 Å². The second-order valence-electron chi connectivity index (χ2n) is 7.04. The molecule has 0 spiro atoms. The number of nitrogens with zero attached hydrogens (tertiary/aromatic N) is 3. The van der Waals surface area contributed by atoms with Crippen LogP contribution >= 0.6 is 23.1 Å². The summed E-state index contributed by atoms with van der Waals surface area (Å²) in [4.78, 5) is 29.0. The first-order valence-corrected chi connectivity index (χ1v) is 11.4. The molecule has 1 amide bonds. The van der Waals surface area contributed by atoms with Crippen molar-refractivity contribution in [3.8, 4) is 5.75 Å². The van der Waals surface area contributed by atoms with E-state index in [1.165, 1.54) is 28.7 Å². The highest BCUT2D eigenvalue weighted by Gasteiger charge is 2.20. The van der Waals surface area contributed by atoms with Gasteiger partial charge in [0, 0.05) is 17.0 Å². The van der Waals surface area contributed by atoms with Crippen LogP contribution in [0, 0.1) is 13.8 Å². The smallest absolute Gasteiger partial charge is 0.264 e. The molecule has 2 aromatic carbocycles. The van der Waals surface area contributed by atoms with Crippen molar-refractivity contribution in [1.82, 2.24) is 10.2 Å². The molecule has 9 heteroatoms. The Labute approximate surface area is 188 Å². The van der Waals surface area contributed by atoms with Crippen LogP contribution in [0.4, 0.5) is 10.8 Å². The summed E-state index contributed by atoms with van der Waals surface area (Å²) >= 11 is 2.72. The Hall–Kier alpha value is -3.04. The molecule has 31 heavy (non-hydrogen) atoms. The van der Waals surface area contributed by atoms with Gasteiger partial charge in [-0.3, -0.25) is 19.9 Å². The molecule has 0 saturated carbocycles. The molecule has 0 atom stereocenters. The summed E-state index contributed by atoms with van der Waals surface area (Å²) in [5, 5.41) is 11.2. The fourth-order valence-corrected chi connectivity index (χ4v) is 4.65. The van der Waals surface area contributed by atoms with E-state index in [9.17, 15) is 9.59 Å². The minimum atomic E-state index is -0.301. The molecule has 1 aliphatic heterocycles. The van der Waals surface area contributed by atoms with Crippen molar-refractivity contribution < 1.29 is 14.3 Å². The minimum absolute atomic E-state index is 0.0789. The highest BCUT2D eigenvalue weighted by Crippen LogP contribution is 2.30. The van der Waals surface area contributed by atoms with Crippen LogP contribution in [0.15, 0.2) is 51.8 Å². The number of rotatable bonds is 7. The summed E-state index contributed by atoms with van der Waals surface area (Å²) in [6.45, 7) is 3.91. The first-order chi connectivity index (χ1) is 15.0. The molecule has 0 fully saturated rings. The van der Waals surface area contributed by atoms with Gasteiger partial charge in [0.15, 0.2) is 16.7 Å². The lowest BCUT2D eigenvalue weighted by Crippen LogP contribution is -2.20. The first kappa shape index (κ1) is 21.2. The molecule has 2 heterocycles. The van der Waals surface area contributed by atoms with Crippen LogP contribution in [-0.4, -0.2) is 40.0 Å². The van der Waals surface area contributed by atoms with E-state index in [-0.39, 0.29) is 18.3 Å². The number of ether oxygens (including phenoxy) is 1. The van der Waals surface area contributed by atoms with E-state index < -0.39 is 0 Å². The van der Waals surface area contributed by atoms with Crippen molar-refractivity contribution >= 4 is 51.3 Å². The van der Waals surface area contributed by atoms with Gasteiger partial charge >= 0.3 is 0 Å². The van der Waals surface area contributed by atoms with Crippen LogP contribution in [0.5, 0.6) is 5.75 Å². The number of carbonyl (C=O) groups excluding carboxylic acids is 2. The van der Waals surface area contributed by atoms with Crippen LogP contribution in [-0.2, 0) is 4.79 Å². The zero-order valence-corrected chi connectivity index (χ0v) is 18.7. The Morgan fingerprint density at radius 2 is 2.00 bits per heavy atom. The zero-order valence-electron chi connectivity index (χ0n) is 17.0. The van der Waals surface area contributed by atoms with Gasteiger partial charge in [-0.1, -0.05) is 41.3 Å². The average molecular weight is 453 g/mol. The van der Waals surface area contributed by atoms with Gasteiger partial charge in [0.2, 0.25) is 5.13 Å². The van der Waals surface area contributed by atoms with Crippen LogP contribution in [0.3, 0.4) is 0 Å². The van der Waals surface area contributed by atoms with Gasteiger partial charge in [-0.2, -0.15) is 0 Å². The number of Topliss-reactive ketones (excluding diaryl/α,β-unsaturated/α-hetero) is 1. The zero-order chi connectivity index (χ0) is 21.8. The van der Waals surface area contributed by atoms with E-state index in [1.807, 2.05) is 50.2 Å². The molecule has 0 saturated heterocycles. The predicted molar refractivity (Wildman–Crippen MR) is 123 cm³/mol. The number of benzene rings is 2. The summed E-state index contributed by atoms with van der Waals surface area (Å²) in [5.74, 6) is 0.967. The Morgan fingerprint density at radius 1 is 1.16 bits per heavy atom. The molecule has 1 aromatic heterocycles. The topological polar surface area (TPSA) is 93.5 Å². The highest BCUT2D eigenvalue weighted by atomic mass is 32.2. The third kappa shape index (κ3) is 5.36. The van der Waals surface area contributed by atoms with Gasteiger partial charge in [-0.15, -0.1) is 10.2 Å². The molecule has 158 valence electrons. The number of ketones is 1. The van der Waals surface area contributed by atoms with Gasteiger partial charge in [-0.05, 0) is 49.2 Å². The molecule has 0 unspecified atom stereocenters. The first-order valence-electron chi connectivity index (χ1n) is 9.63. The number of amides is 1. The molecule has 1 N–H and O–H groups in total. The van der Waals surface area contributed by atoms with E-state index >= 15 is 0 Å². The predicted octanol–water partition coefficient (Wildman–Crippen LogP) is 4.62. The maximum absolute atomic E-state index is 12.3. The second-order valence-corrected chi connectivity index (χ2v) is 9.24. The van der Waals surface area contributed by atoms with E-state index in [4.69, 9.17) is 4.74 Å². The Bertz CT molecular complexity index is 1170. The van der Waals surface area contributed by atoms with Crippen molar-refractivity contribution in [2.24, 2.45) is 4.99 Å². The van der Waals surface area contributed by atoms with Crippen molar-refractivity contribution in [2.45, 2.75) is 24.6 Å². The number of para-hydroxylation sites is 1. The van der Waals surface area contributed by atoms with E-state index in [1.54, 1.807) is 6.07 Å². The number of carbonyl (C=O) groups is 2. The molecule has 0 bridgehead atoms. The normalized spacial score (nSPS) is 12.8. The van der Waals surface area contributed by atoms with Crippen LogP contribution in [0.1, 0.15) is 27.9 Å². The number of hydrogen-bond acceptors (Lipinski definition) is 8. The number of aliphatic imine (C=N–C) groups is 1. The van der Waals surface area contributed by atoms with Crippen LogP contribution < -0.4 is 10.1 Å². The number of anilines is 1. The van der Waals surface area contributed by atoms with Gasteiger partial charge < -0.3 is 4.74 Å². The number of hydrogen-bond donors (Lipinski definition) is 1. The van der Waals surface area contributed by atoms with E-state index in [0.717, 1.165) is 11.3 Å². The number of aryl methyl sites for hydroxylation is 2. The largest absolute Gasteiger partial charge is 0.484 e. The van der Waals surface area contributed by atoms with E-state index in [2.05, 4.69) is 20.5 Å². The molecule has 1 aliphatic rings. The molecule has 0 radical (unpaired) electrons. The standard InChI is InChI=1S/C22H20N4O3S2/c1-13-7-8-16(9-14(13)2)29-11-20(28)24-21-25-26-22(31-21)30-12-15-10-19(27)17-5-3-4-6-18(17)23-15/h3-9H,10-12H2,1-2H3,(H,24,25,28). The molecule has 3 aromatic rings. The molecule has 4 rings (SSSR count). The van der Waals surface area contributed by atoms with Crippen LogP contribution in [0.2, 0.25) is 0 Å². The Balaban J connectivity index is 1.28. The van der Waals surface area contributed by atoms with Crippen molar-refractivity contribution in [3.05, 3.63) is 59.2 Å².